The summed E-state index contributed by atoms with van der Waals surface area (Å²) in [5.41, 5.74) is 1.16. The number of nitrogens with zero attached hydrogens (tertiary/aromatic N) is 4. The number of aromatic nitrogens is 4. The molecule has 1 atom stereocenters. The lowest BCUT2D eigenvalue weighted by Gasteiger charge is -2.31. The van der Waals surface area contributed by atoms with Crippen molar-refractivity contribution in [1.82, 2.24) is 25.1 Å². The van der Waals surface area contributed by atoms with Crippen LogP contribution in [0.3, 0.4) is 0 Å². The Labute approximate surface area is 141 Å². The average Bonchev–Trinajstić information content (AvgIpc) is 3.04. The summed E-state index contributed by atoms with van der Waals surface area (Å²) < 4.78 is 5.78. The number of pyridine rings is 1. The van der Waals surface area contributed by atoms with Crippen molar-refractivity contribution in [2.24, 2.45) is 0 Å². The second kappa shape index (κ2) is 6.32. The molecule has 3 rings (SSSR count). The molecule has 1 aliphatic rings. The molecule has 0 unspecified atom stereocenters. The van der Waals surface area contributed by atoms with Crippen LogP contribution in [0, 0.1) is 6.92 Å². The van der Waals surface area contributed by atoms with Crippen molar-refractivity contribution in [1.29, 1.82) is 0 Å². The van der Waals surface area contributed by atoms with Gasteiger partial charge in [0, 0.05) is 17.7 Å². The minimum Gasteiger partial charge on any atom is -0.367 e. The molecule has 2 aromatic heterocycles. The zero-order valence-electron chi connectivity index (χ0n) is 14.5. The minimum atomic E-state index is -0.295. The number of aromatic amines is 1. The van der Waals surface area contributed by atoms with Crippen molar-refractivity contribution in [2.75, 3.05) is 19.7 Å². The standard InChI is InChI=1S/C17H23N5O2/c1-11-6-5-7-12(18-11)15(23)22-8-9-24-13(10-22)14-19-16(21-20-14)17(2,3)4/h5-7,13H,8-10H2,1-4H3,(H,19,20,21)/t13-/m1/s1. The summed E-state index contributed by atoms with van der Waals surface area (Å²) >= 11 is 0. The van der Waals surface area contributed by atoms with Gasteiger partial charge in [0.15, 0.2) is 11.6 Å². The number of hydrogen-bond acceptors (Lipinski definition) is 5. The van der Waals surface area contributed by atoms with Crippen molar-refractivity contribution in [2.45, 2.75) is 39.2 Å². The molecule has 2 aromatic rings. The fraction of sp³-hybridized carbons (Fsp3) is 0.529. The molecule has 1 fully saturated rings. The maximum Gasteiger partial charge on any atom is 0.272 e. The monoisotopic (exact) mass is 329 g/mol. The number of amides is 1. The highest BCUT2D eigenvalue weighted by molar-refractivity contribution is 5.92. The molecule has 7 nitrogen and oxygen atoms in total. The number of hydrogen-bond donors (Lipinski definition) is 1. The van der Waals surface area contributed by atoms with E-state index in [2.05, 4.69) is 40.9 Å². The van der Waals surface area contributed by atoms with Crippen molar-refractivity contribution in [3.63, 3.8) is 0 Å². The van der Waals surface area contributed by atoms with Crippen molar-refractivity contribution in [3.05, 3.63) is 41.2 Å². The molecule has 0 spiro atoms. The van der Waals surface area contributed by atoms with Gasteiger partial charge in [0.1, 0.15) is 11.8 Å². The third-order valence-corrected chi connectivity index (χ3v) is 3.94. The molecule has 128 valence electrons. The molecule has 0 bridgehead atoms. The first-order valence-corrected chi connectivity index (χ1v) is 8.12. The maximum atomic E-state index is 12.7. The quantitative estimate of drug-likeness (QED) is 0.911. The van der Waals surface area contributed by atoms with Crippen molar-refractivity contribution in [3.8, 4) is 0 Å². The Bertz CT molecular complexity index is 735. The molecule has 0 aromatic carbocycles. The molecule has 3 heterocycles. The number of carbonyl (C=O) groups excluding carboxylic acids is 1. The van der Waals surface area contributed by atoms with E-state index in [1.54, 1.807) is 11.0 Å². The highest BCUT2D eigenvalue weighted by Crippen LogP contribution is 2.23. The molecule has 1 aliphatic heterocycles. The Morgan fingerprint density at radius 1 is 1.33 bits per heavy atom. The number of nitrogens with one attached hydrogen (secondary N) is 1. The number of morpholine rings is 1. The molecule has 1 amide bonds. The van der Waals surface area contributed by atoms with E-state index in [0.29, 0.717) is 31.2 Å². The summed E-state index contributed by atoms with van der Waals surface area (Å²) in [5, 5.41) is 7.22. The molecule has 1 saturated heterocycles. The van der Waals surface area contributed by atoms with Gasteiger partial charge in [-0.15, -0.1) is 0 Å². The lowest BCUT2D eigenvalue weighted by atomic mass is 9.96. The van der Waals surface area contributed by atoms with Gasteiger partial charge in [-0.25, -0.2) is 9.97 Å². The van der Waals surface area contributed by atoms with Crippen molar-refractivity contribution >= 4 is 5.91 Å². The van der Waals surface area contributed by atoms with E-state index in [0.717, 1.165) is 11.5 Å². The maximum absolute atomic E-state index is 12.7. The third kappa shape index (κ3) is 3.46. The first-order valence-electron chi connectivity index (χ1n) is 8.12. The predicted molar refractivity (Wildman–Crippen MR) is 88.7 cm³/mol. The fourth-order valence-corrected chi connectivity index (χ4v) is 2.58. The second-order valence-corrected chi connectivity index (χ2v) is 7.07. The van der Waals surface area contributed by atoms with E-state index in [1.807, 2.05) is 19.1 Å². The van der Waals surface area contributed by atoms with Crippen LogP contribution in [0.5, 0.6) is 0 Å². The van der Waals surface area contributed by atoms with Crippen LogP contribution in [-0.2, 0) is 10.2 Å². The summed E-state index contributed by atoms with van der Waals surface area (Å²) in [6.07, 6.45) is -0.295. The van der Waals surface area contributed by atoms with Gasteiger partial charge in [-0.05, 0) is 19.1 Å². The Morgan fingerprint density at radius 3 is 2.79 bits per heavy atom. The second-order valence-electron chi connectivity index (χ2n) is 7.07. The van der Waals surface area contributed by atoms with Gasteiger partial charge in [0.25, 0.3) is 5.91 Å². The molecular formula is C17H23N5O2. The van der Waals surface area contributed by atoms with Gasteiger partial charge in [-0.3, -0.25) is 9.89 Å². The third-order valence-electron chi connectivity index (χ3n) is 3.94. The number of carbonyl (C=O) groups is 1. The summed E-state index contributed by atoms with van der Waals surface area (Å²) in [7, 11) is 0. The van der Waals surface area contributed by atoms with E-state index >= 15 is 0 Å². The summed E-state index contributed by atoms with van der Waals surface area (Å²) in [6.45, 7) is 9.50. The molecule has 1 N–H and O–H groups in total. The number of rotatable bonds is 2. The smallest absolute Gasteiger partial charge is 0.272 e. The first-order chi connectivity index (χ1) is 11.3. The first kappa shape index (κ1) is 16.6. The van der Waals surface area contributed by atoms with Crippen LogP contribution in [0.1, 0.15) is 54.7 Å². The molecular weight excluding hydrogens is 306 g/mol. The van der Waals surface area contributed by atoms with Crippen molar-refractivity contribution < 1.29 is 9.53 Å². The van der Waals surface area contributed by atoms with Crippen LogP contribution in [0.25, 0.3) is 0 Å². The van der Waals surface area contributed by atoms with Crippen LogP contribution in [0.2, 0.25) is 0 Å². The summed E-state index contributed by atoms with van der Waals surface area (Å²) in [5.74, 6) is 1.32. The van der Waals surface area contributed by atoms with Crippen LogP contribution in [-0.4, -0.2) is 50.7 Å². The van der Waals surface area contributed by atoms with Crippen LogP contribution < -0.4 is 0 Å². The van der Waals surface area contributed by atoms with Gasteiger partial charge in [0.2, 0.25) is 0 Å². The van der Waals surface area contributed by atoms with Crippen LogP contribution in [0.15, 0.2) is 18.2 Å². The van der Waals surface area contributed by atoms with E-state index in [-0.39, 0.29) is 17.4 Å². The highest BCUT2D eigenvalue weighted by Gasteiger charge is 2.30. The molecule has 0 aliphatic carbocycles. The van der Waals surface area contributed by atoms with E-state index < -0.39 is 0 Å². The Kier molecular flexibility index (Phi) is 4.36. The zero-order chi connectivity index (χ0) is 17.3. The van der Waals surface area contributed by atoms with Crippen LogP contribution >= 0.6 is 0 Å². The Morgan fingerprint density at radius 2 is 2.12 bits per heavy atom. The zero-order valence-corrected chi connectivity index (χ0v) is 14.5. The highest BCUT2D eigenvalue weighted by atomic mass is 16.5. The average molecular weight is 329 g/mol. The molecule has 0 radical (unpaired) electrons. The fourth-order valence-electron chi connectivity index (χ4n) is 2.58. The minimum absolute atomic E-state index is 0.0810. The topological polar surface area (TPSA) is 84.0 Å². The van der Waals surface area contributed by atoms with E-state index in [1.165, 1.54) is 0 Å². The normalized spacial score (nSPS) is 18.7. The number of aryl methyl sites for hydroxylation is 1. The Balaban J connectivity index is 1.75. The van der Waals surface area contributed by atoms with Gasteiger partial charge in [-0.2, -0.15) is 5.10 Å². The predicted octanol–water partition coefficient (Wildman–Crippen LogP) is 2.02. The Hall–Kier alpha value is -2.28. The van der Waals surface area contributed by atoms with E-state index in [4.69, 9.17) is 4.74 Å². The van der Waals surface area contributed by atoms with Crippen LogP contribution in [0.4, 0.5) is 0 Å². The van der Waals surface area contributed by atoms with Gasteiger partial charge in [-0.1, -0.05) is 26.8 Å². The summed E-state index contributed by atoms with van der Waals surface area (Å²) in [4.78, 5) is 23.3. The van der Waals surface area contributed by atoms with Gasteiger partial charge >= 0.3 is 0 Å². The molecule has 0 saturated carbocycles. The SMILES string of the molecule is Cc1cccc(C(=O)N2CCO[C@@H](c3nc(C(C)(C)C)n[nH]3)C2)n1. The molecule has 24 heavy (non-hydrogen) atoms. The lowest BCUT2D eigenvalue weighted by molar-refractivity contribution is -0.0268. The lowest BCUT2D eigenvalue weighted by Crippen LogP contribution is -2.42. The number of H-pyrrole nitrogens is 1. The molecule has 7 heteroatoms. The number of ether oxygens (including phenoxy) is 1. The van der Waals surface area contributed by atoms with E-state index in [9.17, 15) is 4.79 Å². The van der Waals surface area contributed by atoms with Gasteiger partial charge < -0.3 is 9.64 Å². The summed E-state index contributed by atoms with van der Waals surface area (Å²) in [6, 6.07) is 5.47. The van der Waals surface area contributed by atoms with Gasteiger partial charge in [0.05, 0.1) is 13.2 Å². The largest absolute Gasteiger partial charge is 0.367 e.